The summed E-state index contributed by atoms with van der Waals surface area (Å²) in [6.45, 7) is 5.07. The molecular weight excluding hydrogens is 242 g/mol. The Hall–Kier alpha value is -1.62. The molecule has 1 aromatic rings. The van der Waals surface area contributed by atoms with Crippen LogP contribution in [0.1, 0.15) is 42.2 Å². The average molecular weight is 265 g/mol. The van der Waals surface area contributed by atoms with Gasteiger partial charge in [-0.3, -0.25) is 9.59 Å². The van der Waals surface area contributed by atoms with E-state index >= 15 is 0 Å². The van der Waals surface area contributed by atoms with Crippen LogP contribution < -0.4 is 16.5 Å². The molecule has 1 heterocycles. The standard InChI is InChI=1S/C14H23N3O2/c1-3-4-11(5-6-15)8-17-14(19)12-9-16-10(2)7-13(12)18/h7,9,11H,3-6,8,15H2,1-2H3,(H,16,18)(H,17,19). The van der Waals surface area contributed by atoms with E-state index in [0.29, 0.717) is 19.0 Å². The zero-order chi connectivity index (χ0) is 14.3. The first-order chi connectivity index (χ1) is 9.08. The van der Waals surface area contributed by atoms with Gasteiger partial charge in [-0.25, -0.2) is 0 Å². The predicted octanol–water partition coefficient (Wildman–Crippen LogP) is 1.18. The van der Waals surface area contributed by atoms with Crippen molar-refractivity contribution in [2.75, 3.05) is 13.1 Å². The molecule has 5 nitrogen and oxygen atoms in total. The molecule has 1 amide bonds. The smallest absolute Gasteiger partial charge is 0.256 e. The summed E-state index contributed by atoms with van der Waals surface area (Å²) in [6.07, 6.45) is 4.44. The zero-order valence-corrected chi connectivity index (χ0v) is 11.7. The second kappa shape index (κ2) is 7.74. The molecule has 1 rings (SSSR count). The van der Waals surface area contributed by atoms with Crippen LogP contribution >= 0.6 is 0 Å². The molecule has 1 unspecified atom stereocenters. The minimum Gasteiger partial charge on any atom is -0.364 e. The van der Waals surface area contributed by atoms with Crippen molar-refractivity contribution in [1.29, 1.82) is 0 Å². The van der Waals surface area contributed by atoms with E-state index in [9.17, 15) is 9.59 Å². The average Bonchev–Trinajstić information content (AvgIpc) is 2.36. The van der Waals surface area contributed by atoms with Gasteiger partial charge in [-0.05, 0) is 32.2 Å². The Labute approximate surface area is 113 Å². The Kier molecular flexibility index (Phi) is 6.29. The van der Waals surface area contributed by atoms with Crippen LogP contribution in [0.25, 0.3) is 0 Å². The second-order valence-electron chi connectivity index (χ2n) is 4.84. The summed E-state index contributed by atoms with van der Waals surface area (Å²) in [5.41, 5.74) is 6.20. The number of aromatic amines is 1. The molecule has 0 saturated carbocycles. The minimum absolute atomic E-state index is 0.161. The Balaban J connectivity index is 2.61. The van der Waals surface area contributed by atoms with E-state index in [1.807, 2.05) is 0 Å². The van der Waals surface area contributed by atoms with Crippen molar-refractivity contribution >= 4 is 5.91 Å². The lowest BCUT2D eigenvalue weighted by Gasteiger charge is -2.15. The number of nitrogens with two attached hydrogens (primary N) is 1. The molecule has 0 bridgehead atoms. The summed E-state index contributed by atoms with van der Waals surface area (Å²) in [5.74, 6) is 0.0582. The van der Waals surface area contributed by atoms with E-state index in [2.05, 4.69) is 17.2 Å². The fraction of sp³-hybridized carbons (Fsp3) is 0.571. The summed E-state index contributed by atoms with van der Waals surface area (Å²) in [5, 5.41) is 2.81. The number of hydrogen-bond acceptors (Lipinski definition) is 3. The first-order valence-electron chi connectivity index (χ1n) is 6.76. The number of H-pyrrole nitrogens is 1. The number of pyridine rings is 1. The fourth-order valence-corrected chi connectivity index (χ4v) is 2.08. The molecule has 0 saturated heterocycles. The number of aromatic nitrogens is 1. The highest BCUT2D eigenvalue weighted by Crippen LogP contribution is 2.09. The fourth-order valence-electron chi connectivity index (χ4n) is 2.08. The topological polar surface area (TPSA) is 88.0 Å². The summed E-state index contributed by atoms with van der Waals surface area (Å²) in [4.78, 5) is 26.5. The second-order valence-corrected chi connectivity index (χ2v) is 4.84. The Morgan fingerprint density at radius 1 is 1.47 bits per heavy atom. The van der Waals surface area contributed by atoms with Crippen LogP contribution in [0.3, 0.4) is 0 Å². The third kappa shape index (κ3) is 4.87. The molecule has 0 fully saturated rings. The van der Waals surface area contributed by atoms with Gasteiger partial charge in [0.1, 0.15) is 5.56 Å². The van der Waals surface area contributed by atoms with E-state index in [-0.39, 0.29) is 16.9 Å². The van der Waals surface area contributed by atoms with Crippen LogP contribution in [0, 0.1) is 12.8 Å². The number of nitrogens with one attached hydrogen (secondary N) is 2. The molecule has 5 heteroatoms. The maximum absolute atomic E-state index is 11.9. The van der Waals surface area contributed by atoms with E-state index in [4.69, 9.17) is 5.73 Å². The highest BCUT2D eigenvalue weighted by atomic mass is 16.2. The van der Waals surface area contributed by atoms with E-state index in [0.717, 1.165) is 25.0 Å². The first kappa shape index (κ1) is 15.4. The molecule has 1 aromatic heterocycles. The lowest BCUT2D eigenvalue weighted by Crippen LogP contribution is -2.33. The normalized spacial score (nSPS) is 12.2. The van der Waals surface area contributed by atoms with E-state index in [1.54, 1.807) is 6.92 Å². The van der Waals surface area contributed by atoms with Crippen molar-refractivity contribution in [3.05, 3.63) is 33.7 Å². The largest absolute Gasteiger partial charge is 0.364 e. The molecular formula is C14H23N3O2. The zero-order valence-electron chi connectivity index (χ0n) is 11.7. The molecule has 0 aliphatic rings. The third-order valence-electron chi connectivity index (χ3n) is 3.12. The number of rotatable bonds is 7. The maximum atomic E-state index is 11.9. The number of carbonyl (C=O) groups excluding carboxylic acids is 1. The van der Waals surface area contributed by atoms with Crippen molar-refractivity contribution in [3.63, 3.8) is 0 Å². The lowest BCUT2D eigenvalue weighted by molar-refractivity contribution is 0.0944. The van der Waals surface area contributed by atoms with Gasteiger partial charge in [0.25, 0.3) is 5.91 Å². The van der Waals surface area contributed by atoms with Crippen molar-refractivity contribution in [2.24, 2.45) is 11.7 Å². The quantitative estimate of drug-likeness (QED) is 0.691. The summed E-state index contributed by atoms with van der Waals surface area (Å²) >= 11 is 0. The van der Waals surface area contributed by atoms with Crippen LogP contribution in [-0.2, 0) is 0 Å². The summed E-state index contributed by atoms with van der Waals surface area (Å²) in [7, 11) is 0. The lowest BCUT2D eigenvalue weighted by atomic mass is 10.00. The van der Waals surface area contributed by atoms with Gasteiger partial charge in [0, 0.05) is 24.5 Å². The summed E-state index contributed by atoms with van der Waals surface area (Å²) in [6, 6.07) is 1.43. The van der Waals surface area contributed by atoms with Crippen LogP contribution in [0.5, 0.6) is 0 Å². The molecule has 1 atom stereocenters. The predicted molar refractivity (Wildman–Crippen MR) is 76.2 cm³/mol. The summed E-state index contributed by atoms with van der Waals surface area (Å²) < 4.78 is 0. The van der Waals surface area contributed by atoms with Gasteiger partial charge >= 0.3 is 0 Å². The maximum Gasteiger partial charge on any atom is 0.256 e. The SMILES string of the molecule is CCCC(CCN)CNC(=O)c1c[nH]c(C)cc1=O. The number of amides is 1. The number of aryl methyl sites for hydroxylation is 1. The Morgan fingerprint density at radius 2 is 2.21 bits per heavy atom. The van der Waals surface area contributed by atoms with Crippen LogP contribution in [-0.4, -0.2) is 24.0 Å². The highest BCUT2D eigenvalue weighted by Gasteiger charge is 2.13. The van der Waals surface area contributed by atoms with Gasteiger partial charge < -0.3 is 16.0 Å². The number of hydrogen-bond donors (Lipinski definition) is 3. The van der Waals surface area contributed by atoms with Gasteiger partial charge in [-0.2, -0.15) is 0 Å². The van der Waals surface area contributed by atoms with Crippen molar-refractivity contribution in [1.82, 2.24) is 10.3 Å². The van der Waals surface area contributed by atoms with Gasteiger partial charge in [0.05, 0.1) is 0 Å². The van der Waals surface area contributed by atoms with Gasteiger partial charge in [-0.15, -0.1) is 0 Å². The van der Waals surface area contributed by atoms with Crippen LogP contribution in [0.15, 0.2) is 17.1 Å². The van der Waals surface area contributed by atoms with Crippen molar-refractivity contribution in [2.45, 2.75) is 33.1 Å². The molecule has 0 radical (unpaired) electrons. The highest BCUT2D eigenvalue weighted by molar-refractivity contribution is 5.93. The van der Waals surface area contributed by atoms with Crippen molar-refractivity contribution in [3.8, 4) is 0 Å². The van der Waals surface area contributed by atoms with Gasteiger partial charge in [0.2, 0.25) is 0 Å². The third-order valence-corrected chi connectivity index (χ3v) is 3.12. The molecule has 0 aromatic carbocycles. The number of carbonyl (C=O) groups is 1. The van der Waals surface area contributed by atoms with E-state index in [1.165, 1.54) is 12.3 Å². The van der Waals surface area contributed by atoms with Crippen LogP contribution in [0.4, 0.5) is 0 Å². The molecule has 0 spiro atoms. The molecule has 0 aliphatic heterocycles. The molecule has 19 heavy (non-hydrogen) atoms. The Morgan fingerprint density at radius 3 is 2.79 bits per heavy atom. The minimum atomic E-state index is -0.320. The molecule has 106 valence electrons. The monoisotopic (exact) mass is 265 g/mol. The molecule has 4 N–H and O–H groups in total. The Bertz CT molecular complexity index is 462. The van der Waals surface area contributed by atoms with Gasteiger partial charge in [0.15, 0.2) is 5.43 Å². The first-order valence-corrected chi connectivity index (χ1v) is 6.76. The van der Waals surface area contributed by atoms with Gasteiger partial charge in [-0.1, -0.05) is 13.3 Å². The van der Waals surface area contributed by atoms with Crippen LogP contribution in [0.2, 0.25) is 0 Å². The van der Waals surface area contributed by atoms with E-state index < -0.39 is 0 Å². The van der Waals surface area contributed by atoms with Crippen molar-refractivity contribution < 1.29 is 4.79 Å². The molecule has 0 aliphatic carbocycles.